The first-order valence-corrected chi connectivity index (χ1v) is 5.17. The van der Waals surface area contributed by atoms with E-state index in [4.69, 9.17) is 0 Å². The zero-order chi connectivity index (χ0) is 10.4. The van der Waals surface area contributed by atoms with Gasteiger partial charge in [0.25, 0.3) is 0 Å². The second kappa shape index (κ2) is 2.83. The number of rotatable bonds is 0. The van der Waals surface area contributed by atoms with E-state index in [-0.39, 0.29) is 0 Å². The summed E-state index contributed by atoms with van der Waals surface area (Å²) in [6.45, 7) is 6.35. The van der Waals surface area contributed by atoms with Crippen LogP contribution in [0.1, 0.15) is 16.7 Å². The highest BCUT2D eigenvalue weighted by atomic mass is 14.2. The Hall–Kier alpha value is -1.82. The lowest BCUT2D eigenvalue weighted by Gasteiger charge is -2.03. The monoisotopic (exact) mass is 192 g/mol. The summed E-state index contributed by atoms with van der Waals surface area (Å²) in [5, 5.41) is 0. The summed E-state index contributed by atoms with van der Waals surface area (Å²) in [5.41, 5.74) is 7.73. The molecule has 0 fully saturated rings. The third kappa shape index (κ3) is 1.02. The van der Waals surface area contributed by atoms with Crippen molar-refractivity contribution in [3.05, 3.63) is 65.7 Å². The van der Waals surface area contributed by atoms with Crippen LogP contribution >= 0.6 is 0 Å². The van der Waals surface area contributed by atoms with Crippen LogP contribution in [0.2, 0.25) is 0 Å². The van der Waals surface area contributed by atoms with E-state index in [0.29, 0.717) is 0 Å². The average molecular weight is 192 g/mol. The van der Waals surface area contributed by atoms with Crippen LogP contribution in [0.15, 0.2) is 49.0 Å². The van der Waals surface area contributed by atoms with Gasteiger partial charge < -0.3 is 0 Å². The van der Waals surface area contributed by atoms with Gasteiger partial charge in [-0.25, -0.2) is 0 Å². The lowest BCUT2D eigenvalue weighted by molar-refractivity contribution is 1.45. The molecule has 0 saturated heterocycles. The van der Waals surface area contributed by atoms with Gasteiger partial charge in [-0.05, 0) is 40.3 Å². The highest BCUT2D eigenvalue weighted by Crippen LogP contribution is 2.44. The molecule has 0 saturated carbocycles. The van der Waals surface area contributed by atoms with Crippen molar-refractivity contribution < 1.29 is 0 Å². The summed E-state index contributed by atoms with van der Waals surface area (Å²) >= 11 is 0. The topological polar surface area (TPSA) is 0 Å². The molecule has 0 heteroatoms. The molecule has 2 aromatic rings. The predicted molar refractivity (Wildman–Crippen MR) is 64.8 cm³/mol. The summed E-state index contributed by atoms with van der Waals surface area (Å²) in [7, 11) is 0. The minimum atomic E-state index is 1.17. The van der Waals surface area contributed by atoms with E-state index in [1.165, 1.54) is 33.4 Å². The first-order chi connectivity index (χ1) is 7.29. The molecule has 0 N–H and O–H groups in total. The van der Waals surface area contributed by atoms with Gasteiger partial charge in [-0.15, -0.1) is 0 Å². The zero-order valence-corrected chi connectivity index (χ0v) is 8.75. The molecule has 72 valence electrons. The molecule has 0 unspecified atom stereocenters. The van der Waals surface area contributed by atoms with Crippen molar-refractivity contribution in [2.24, 2.45) is 0 Å². The normalized spacial score (nSPS) is 12.5. The molecule has 0 aliphatic heterocycles. The number of aryl methyl sites for hydroxylation is 1. The zero-order valence-electron chi connectivity index (χ0n) is 8.75. The summed E-state index contributed by atoms with van der Waals surface area (Å²) in [4.78, 5) is 0. The van der Waals surface area contributed by atoms with Crippen LogP contribution in [0, 0.1) is 6.92 Å². The van der Waals surface area contributed by atoms with E-state index in [1.807, 2.05) is 0 Å². The Bertz CT molecular complexity index is 562. The van der Waals surface area contributed by atoms with Gasteiger partial charge in [0.1, 0.15) is 0 Å². The van der Waals surface area contributed by atoms with Crippen LogP contribution < -0.4 is 0 Å². The van der Waals surface area contributed by atoms with Crippen molar-refractivity contribution in [2.45, 2.75) is 6.92 Å². The van der Waals surface area contributed by atoms with Gasteiger partial charge >= 0.3 is 0 Å². The second-order valence-corrected chi connectivity index (χ2v) is 4.02. The molecule has 1 aliphatic rings. The van der Waals surface area contributed by atoms with Gasteiger partial charge in [0.05, 0.1) is 0 Å². The smallest absolute Gasteiger partial charge is 0.00756 e. The third-order valence-electron chi connectivity index (χ3n) is 3.12. The fourth-order valence-corrected chi connectivity index (χ4v) is 2.41. The van der Waals surface area contributed by atoms with E-state index >= 15 is 0 Å². The standard InChI is InChI=1S/C15H12/c1-10-6-5-9-14-13-8-4-3-7-12(13)11(2)15(10)14/h3-9H,2H2,1H3. The third-order valence-corrected chi connectivity index (χ3v) is 3.12. The lowest BCUT2D eigenvalue weighted by Crippen LogP contribution is -1.83. The first-order valence-electron chi connectivity index (χ1n) is 5.17. The van der Waals surface area contributed by atoms with Crippen LogP contribution in [-0.4, -0.2) is 0 Å². The first kappa shape index (κ1) is 8.49. The largest absolute Gasteiger partial charge is 0.0905 e. The minimum Gasteiger partial charge on any atom is -0.0905 e. The molecule has 2 aromatic carbocycles. The number of fused-ring (bicyclic) bond motifs is 3. The van der Waals surface area contributed by atoms with E-state index in [0.717, 1.165) is 0 Å². The number of hydrogen-bond donors (Lipinski definition) is 0. The molecule has 0 amide bonds. The van der Waals surface area contributed by atoms with Crippen LogP contribution in [0.25, 0.3) is 16.7 Å². The molecular formula is C15H12. The van der Waals surface area contributed by atoms with Gasteiger partial charge in [-0.1, -0.05) is 49.0 Å². The molecule has 0 spiro atoms. The molecule has 1 aliphatic carbocycles. The maximum atomic E-state index is 4.20. The quantitative estimate of drug-likeness (QED) is 0.504. The summed E-state index contributed by atoms with van der Waals surface area (Å²) in [6, 6.07) is 14.9. The Morgan fingerprint density at radius 2 is 1.47 bits per heavy atom. The van der Waals surface area contributed by atoms with E-state index in [2.05, 4.69) is 56.0 Å². The summed E-state index contributed by atoms with van der Waals surface area (Å²) in [5.74, 6) is 0. The van der Waals surface area contributed by atoms with Crippen LogP contribution in [0.4, 0.5) is 0 Å². The maximum absolute atomic E-state index is 4.20. The van der Waals surface area contributed by atoms with Crippen molar-refractivity contribution in [1.29, 1.82) is 0 Å². The Balaban J connectivity index is 2.43. The van der Waals surface area contributed by atoms with Crippen molar-refractivity contribution in [3.63, 3.8) is 0 Å². The van der Waals surface area contributed by atoms with Crippen LogP contribution in [0.3, 0.4) is 0 Å². The van der Waals surface area contributed by atoms with E-state index < -0.39 is 0 Å². The fourth-order valence-electron chi connectivity index (χ4n) is 2.41. The predicted octanol–water partition coefficient (Wildman–Crippen LogP) is 4.04. The lowest BCUT2D eigenvalue weighted by atomic mass is 10.0. The highest BCUT2D eigenvalue weighted by Gasteiger charge is 2.22. The Labute approximate surface area is 89.9 Å². The van der Waals surface area contributed by atoms with Crippen molar-refractivity contribution in [1.82, 2.24) is 0 Å². The molecular weight excluding hydrogens is 180 g/mol. The van der Waals surface area contributed by atoms with Crippen LogP contribution in [0.5, 0.6) is 0 Å². The van der Waals surface area contributed by atoms with Crippen molar-refractivity contribution in [2.75, 3.05) is 0 Å². The Kier molecular flexibility index (Phi) is 1.60. The van der Waals surface area contributed by atoms with Gasteiger partial charge in [0.15, 0.2) is 0 Å². The average Bonchev–Trinajstić information content (AvgIpc) is 2.55. The van der Waals surface area contributed by atoms with E-state index in [9.17, 15) is 0 Å². The van der Waals surface area contributed by atoms with Gasteiger partial charge in [-0.2, -0.15) is 0 Å². The van der Waals surface area contributed by atoms with Crippen molar-refractivity contribution >= 4 is 5.57 Å². The molecule has 0 aromatic heterocycles. The Morgan fingerprint density at radius 3 is 2.27 bits per heavy atom. The minimum absolute atomic E-state index is 1.17. The molecule has 0 atom stereocenters. The van der Waals surface area contributed by atoms with E-state index in [1.54, 1.807) is 0 Å². The summed E-state index contributed by atoms with van der Waals surface area (Å²) in [6.07, 6.45) is 0. The molecule has 0 nitrogen and oxygen atoms in total. The Morgan fingerprint density at radius 1 is 0.800 bits per heavy atom. The SMILES string of the molecule is C=C1c2ccccc2-c2cccc(C)c21. The van der Waals surface area contributed by atoms with Gasteiger partial charge in [0.2, 0.25) is 0 Å². The second-order valence-electron chi connectivity index (χ2n) is 4.02. The molecule has 0 radical (unpaired) electrons. The van der Waals surface area contributed by atoms with Crippen LogP contribution in [-0.2, 0) is 0 Å². The van der Waals surface area contributed by atoms with Gasteiger partial charge in [0, 0.05) is 0 Å². The maximum Gasteiger partial charge on any atom is -0.00756 e. The highest BCUT2D eigenvalue weighted by molar-refractivity contribution is 6.01. The molecule has 15 heavy (non-hydrogen) atoms. The molecule has 0 heterocycles. The van der Waals surface area contributed by atoms with Crippen molar-refractivity contribution in [3.8, 4) is 11.1 Å². The van der Waals surface area contributed by atoms with Gasteiger partial charge in [-0.3, -0.25) is 0 Å². The number of hydrogen-bond acceptors (Lipinski definition) is 0. The molecule has 0 bridgehead atoms. The fraction of sp³-hybridized carbons (Fsp3) is 0.0667. The molecule has 3 rings (SSSR count). The number of benzene rings is 2. The summed E-state index contributed by atoms with van der Waals surface area (Å²) < 4.78 is 0.